The lowest BCUT2D eigenvalue weighted by atomic mass is 9.88. The van der Waals surface area contributed by atoms with Gasteiger partial charge in [0, 0.05) is 22.1 Å². The van der Waals surface area contributed by atoms with Crippen LogP contribution in [0, 0.1) is 5.92 Å². The lowest BCUT2D eigenvalue weighted by molar-refractivity contribution is -0.138. The maximum atomic E-state index is 13.1. The minimum absolute atomic E-state index is 0.103. The van der Waals surface area contributed by atoms with Crippen molar-refractivity contribution >= 4 is 27.4 Å². The van der Waals surface area contributed by atoms with Gasteiger partial charge in [-0.3, -0.25) is 4.79 Å². The molecular weight excluding hydrogens is 652 g/mol. The lowest BCUT2D eigenvalue weighted by Gasteiger charge is -2.19. The molecule has 47 heavy (non-hydrogen) atoms. The molecule has 0 radical (unpaired) electrons. The highest BCUT2D eigenvalue weighted by Gasteiger charge is 2.35. The van der Waals surface area contributed by atoms with Gasteiger partial charge in [-0.25, -0.2) is 4.98 Å². The van der Waals surface area contributed by atoms with Crippen LogP contribution in [-0.4, -0.2) is 29.5 Å². The van der Waals surface area contributed by atoms with Gasteiger partial charge in [0.2, 0.25) is 11.7 Å². The number of halogens is 3. The van der Waals surface area contributed by atoms with E-state index in [4.69, 9.17) is 8.71 Å². The Morgan fingerprint density at radius 2 is 1.51 bits per heavy atom. The summed E-state index contributed by atoms with van der Waals surface area (Å²) in [7, 11) is -4.36. The Balaban J connectivity index is 1.15. The van der Waals surface area contributed by atoms with Gasteiger partial charge in [-0.05, 0) is 35.7 Å². The molecule has 2 atom stereocenters. The fourth-order valence-corrected chi connectivity index (χ4v) is 6.65. The number of nitrogens with zero attached hydrogens (tertiary/aromatic N) is 3. The first-order valence-electron chi connectivity index (χ1n) is 14.4. The Morgan fingerprint density at radius 1 is 0.872 bits per heavy atom. The van der Waals surface area contributed by atoms with Crippen molar-refractivity contribution in [1.29, 1.82) is 0 Å². The first-order valence-corrected chi connectivity index (χ1v) is 16.7. The number of hydrogen-bond acceptors (Lipinski definition) is 9. The third-order valence-corrected chi connectivity index (χ3v) is 9.69. The molecule has 0 bridgehead atoms. The topological polar surface area (TPSA) is 112 Å². The highest BCUT2D eigenvalue weighted by Crippen LogP contribution is 2.35. The van der Waals surface area contributed by atoms with E-state index in [0.29, 0.717) is 21.8 Å². The second-order valence-electron chi connectivity index (χ2n) is 11.0. The average Bonchev–Trinajstić information content (AvgIpc) is 3.76. The first-order chi connectivity index (χ1) is 22.4. The van der Waals surface area contributed by atoms with E-state index >= 15 is 0 Å². The summed E-state index contributed by atoms with van der Waals surface area (Å²) in [6, 6.07) is 18.2. The van der Waals surface area contributed by atoms with Crippen LogP contribution in [-0.2, 0) is 25.3 Å². The molecule has 6 rings (SSSR count). The largest absolute Gasteiger partial charge is 0.416 e. The minimum Gasteiger partial charge on any atom is -0.342 e. The molecule has 0 amide bonds. The standard InChI is InChI=1S/C34H26F3N3O5S2/c1-20(2)21-13-17-26(18-14-21)47(42,43)45-33(41)28-6-4-3-5-27(28)31-39-30(40-44-31)23-9-7-22(8-10-23)29-19-46-32(38-29)24-11-15-25(16-12-24)34(35,36)37/h3-20,27-28H,1-2H3. The fourth-order valence-electron chi connectivity index (χ4n) is 4.92. The first kappa shape index (κ1) is 32.1. The van der Waals surface area contributed by atoms with Crippen molar-refractivity contribution in [3.05, 3.63) is 119 Å². The van der Waals surface area contributed by atoms with E-state index in [1.54, 1.807) is 54.6 Å². The molecule has 240 valence electrons. The average molecular weight is 678 g/mol. The number of thiazole rings is 1. The number of carbonyl (C=O) groups is 1. The third-order valence-electron chi connectivity index (χ3n) is 7.56. The molecule has 1 aliphatic carbocycles. The Kier molecular flexibility index (Phi) is 8.68. The zero-order chi connectivity index (χ0) is 33.3. The summed E-state index contributed by atoms with van der Waals surface area (Å²) < 4.78 is 75.0. The second kappa shape index (κ2) is 12.7. The van der Waals surface area contributed by atoms with Gasteiger partial charge in [0.25, 0.3) is 0 Å². The number of carbonyl (C=O) groups excluding carboxylic acids is 1. The number of benzene rings is 3. The summed E-state index contributed by atoms with van der Waals surface area (Å²) >= 11 is 1.32. The molecule has 2 heterocycles. The van der Waals surface area contributed by atoms with Crippen LogP contribution < -0.4 is 0 Å². The maximum absolute atomic E-state index is 13.1. The Morgan fingerprint density at radius 3 is 2.17 bits per heavy atom. The highest BCUT2D eigenvalue weighted by atomic mass is 32.2. The summed E-state index contributed by atoms with van der Waals surface area (Å²) in [6.45, 7) is 3.97. The molecule has 0 N–H and O–H groups in total. The van der Waals surface area contributed by atoms with Crippen LogP contribution in [0.3, 0.4) is 0 Å². The van der Waals surface area contributed by atoms with E-state index in [-0.39, 0.29) is 22.5 Å². The zero-order valence-electron chi connectivity index (χ0n) is 24.9. The van der Waals surface area contributed by atoms with Crippen LogP contribution in [0.5, 0.6) is 0 Å². The summed E-state index contributed by atoms with van der Waals surface area (Å²) in [4.78, 5) is 22.0. The van der Waals surface area contributed by atoms with Crippen LogP contribution in [0.2, 0.25) is 0 Å². The second-order valence-corrected chi connectivity index (χ2v) is 13.5. The predicted octanol–water partition coefficient (Wildman–Crippen LogP) is 8.43. The monoisotopic (exact) mass is 677 g/mol. The summed E-state index contributed by atoms with van der Waals surface area (Å²) in [5, 5.41) is 6.46. The van der Waals surface area contributed by atoms with Gasteiger partial charge >= 0.3 is 22.3 Å². The maximum Gasteiger partial charge on any atom is 0.416 e. The van der Waals surface area contributed by atoms with Crippen LogP contribution in [0.25, 0.3) is 33.2 Å². The normalized spacial score (nSPS) is 16.5. The molecule has 5 aromatic rings. The minimum atomic E-state index is -4.41. The summed E-state index contributed by atoms with van der Waals surface area (Å²) in [5.41, 5.74) is 2.85. The van der Waals surface area contributed by atoms with Crippen LogP contribution in [0.1, 0.15) is 42.7 Å². The van der Waals surface area contributed by atoms with Gasteiger partial charge in [-0.15, -0.1) is 11.3 Å². The molecule has 3 aromatic carbocycles. The van der Waals surface area contributed by atoms with E-state index in [1.807, 2.05) is 19.2 Å². The van der Waals surface area contributed by atoms with Gasteiger partial charge in [0.1, 0.15) is 9.90 Å². The van der Waals surface area contributed by atoms with Gasteiger partial charge in [-0.2, -0.15) is 26.6 Å². The van der Waals surface area contributed by atoms with Gasteiger partial charge in [0.15, 0.2) is 0 Å². The number of rotatable bonds is 8. The number of allylic oxidation sites excluding steroid dienone is 3. The Labute approximate surface area is 272 Å². The van der Waals surface area contributed by atoms with Crippen LogP contribution in [0.15, 0.2) is 112 Å². The summed E-state index contributed by atoms with van der Waals surface area (Å²) in [5.74, 6) is -2.20. The number of hydrogen-bond donors (Lipinski definition) is 0. The van der Waals surface area contributed by atoms with Crippen molar-refractivity contribution in [2.24, 2.45) is 5.92 Å². The molecule has 0 spiro atoms. The van der Waals surface area contributed by atoms with E-state index in [9.17, 15) is 26.4 Å². The highest BCUT2D eigenvalue weighted by molar-refractivity contribution is 7.87. The predicted molar refractivity (Wildman–Crippen MR) is 170 cm³/mol. The van der Waals surface area contributed by atoms with Crippen molar-refractivity contribution in [3.8, 4) is 33.2 Å². The molecule has 0 aliphatic heterocycles. The van der Waals surface area contributed by atoms with Crippen molar-refractivity contribution in [2.45, 2.75) is 36.8 Å². The van der Waals surface area contributed by atoms with E-state index in [0.717, 1.165) is 23.3 Å². The van der Waals surface area contributed by atoms with Crippen molar-refractivity contribution < 1.29 is 35.1 Å². The Bertz CT molecular complexity index is 2060. The molecule has 0 saturated heterocycles. The molecule has 13 heteroatoms. The zero-order valence-corrected chi connectivity index (χ0v) is 26.5. The van der Waals surface area contributed by atoms with Crippen molar-refractivity contribution in [3.63, 3.8) is 0 Å². The molecule has 1 aliphatic rings. The summed E-state index contributed by atoms with van der Waals surface area (Å²) in [6.07, 6.45) is 2.08. The Hall–Kier alpha value is -4.88. The third kappa shape index (κ3) is 6.96. The quantitative estimate of drug-likeness (QED) is 0.151. The van der Waals surface area contributed by atoms with Gasteiger partial charge < -0.3 is 8.71 Å². The van der Waals surface area contributed by atoms with Gasteiger partial charge in [0.05, 0.1) is 23.1 Å². The molecule has 0 fully saturated rings. The SMILES string of the molecule is CC(C)c1ccc(S(=O)(=O)OC(=O)C2C=CC=CC2c2nc(-c3ccc(-c4csc(-c5ccc(C(F)(F)F)cc5)n4)cc3)no2)cc1. The molecule has 0 saturated carbocycles. The smallest absolute Gasteiger partial charge is 0.342 e. The lowest BCUT2D eigenvalue weighted by Crippen LogP contribution is -2.26. The van der Waals surface area contributed by atoms with Crippen molar-refractivity contribution in [1.82, 2.24) is 15.1 Å². The fraction of sp³-hybridized carbons (Fsp3) is 0.176. The molecular formula is C34H26F3N3O5S2. The van der Waals surface area contributed by atoms with E-state index in [1.165, 1.54) is 41.7 Å². The van der Waals surface area contributed by atoms with Crippen LogP contribution in [0.4, 0.5) is 13.2 Å². The number of alkyl halides is 3. The van der Waals surface area contributed by atoms with Crippen LogP contribution >= 0.6 is 11.3 Å². The molecule has 2 unspecified atom stereocenters. The van der Waals surface area contributed by atoms with E-state index in [2.05, 4.69) is 15.1 Å². The molecule has 8 nitrogen and oxygen atoms in total. The van der Waals surface area contributed by atoms with Gasteiger partial charge in [-0.1, -0.05) is 91.8 Å². The molecule has 2 aromatic heterocycles. The van der Waals surface area contributed by atoms with Crippen molar-refractivity contribution in [2.75, 3.05) is 0 Å². The number of aromatic nitrogens is 3. The van der Waals surface area contributed by atoms with E-state index < -0.39 is 39.7 Å².